The fraction of sp³-hybridized carbons (Fsp3) is 0.375. The van der Waals surface area contributed by atoms with Gasteiger partial charge in [-0.1, -0.05) is 0 Å². The molecule has 1 heterocycles. The highest BCUT2D eigenvalue weighted by atomic mass is 16.6. The van der Waals surface area contributed by atoms with E-state index in [4.69, 9.17) is 9.84 Å². The molecule has 1 aliphatic rings. The number of β-amino-alcohol motifs (C(OH)–C–C–N with tert-alkyl or cyclic N) is 1. The van der Waals surface area contributed by atoms with Crippen molar-refractivity contribution in [3.05, 3.63) is 39.6 Å². The number of amides is 1. The maximum atomic E-state index is 12.5. The summed E-state index contributed by atoms with van der Waals surface area (Å²) in [4.78, 5) is 36.4. The molecule has 0 fully saturated rings. The standard InChI is InChI=1S/C16H19N3O7/c1-3-26-10-4-5-12(13(8-10)19(23)24)17-14-11(16(22)25-2)9-18(6-7-20)15(14)21/h4-5,8,17,20H,3,6-7,9H2,1-2H3. The lowest BCUT2D eigenvalue weighted by atomic mass is 10.2. The molecule has 140 valence electrons. The molecule has 10 heteroatoms. The Balaban J connectivity index is 2.41. The second kappa shape index (κ2) is 8.30. The summed E-state index contributed by atoms with van der Waals surface area (Å²) in [5.41, 5.74) is -0.346. The zero-order valence-electron chi connectivity index (χ0n) is 14.4. The maximum absolute atomic E-state index is 12.5. The monoisotopic (exact) mass is 365 g/mol. The van der Waals surface area contributed by atoms with Gasteiger partial charge in [-0.2, -0.15) is 0 Å². The summed E-state index contributed by atoms with van der Waals surface area (Å²) in [6, 6.07) is 4.14. The molecule has 2 N–H and O–H groups in total. The van der Waals surface area contributed by atoms with E-state index in [0.29, 0.717) is 12.4 Å². The summed E-state index contributed by atoms with van der Waals surface area (Å²) in [7, 11) is 1.17. The zero-order valence-corrected chi connectivity index (χ0v) is 14.4. The molecule has 0 atom stereocenters. The smallest absolute Gasteiger partial charge is 0.337 e. The first-order valence-electron chi connectivity index (χ1n) is 7.82. The van der Waals surface area contributed by atoms with Gasteiger partial charge >= 0.3 is 5.97 Å². The lowest BCUT2D eigenvalue weighted by Crippen LogP contribution is -2.31. The van der Waals surface area contributed by atoms with Gasteiger partial charge in [0.2, 0.25) is 0 Å². The molecule has 2 rings (SSSR count). The average Bonchev–Trinajstić information content (AvgIpc) is 2.92. The molecule has 1 aromatic carbocycles. The van der Waals surface area contributed by atoms with E-state index in [1.165, 1.54) is 30.2 Å². The van der Waals surface area contributed by atoms with Crippen molar-refractivity contribution in [2.45, 2.75) is 6.92 Å². The van der Waals surface area contributed by atoms with Crippen LogP contribution in [0, 0.1) is 10.1 Å². The number of benzene rings is 1. The first-order valence-corrected chi connectivity index (χ1v) is 7.82. The van der Waals surface area contributed by atoms with Crippen molar-refractivity contribution in [2.75, 3.05) is 38.7 Å². The Morgan fingerprint density at radius 3 is 2.77 bits per heavy atom. The van der Waals surface area contributed by atoms with E-state index in [2.05, 4.69) is 10.1 Å². The number of nitrogens with one attached hydrogen (secondary N) is 1. The van der Waals surface area contributed by atoms with Gasteiger partial charge in [0.15, 0.2) is 0 Å². The average molecular weight is 365 g/mol. The molecule has 0 radical (unpaired) electrons. The zero-order chi connectivity index (χ0) is 19.3. The number of carbonyl (C=O) groups is 2. The van der Waals surface area contributed by atoms with Crippen LogP contribution in [-0.2, 0) is 14.3 Å². The van der Waals surface area contributed by atoms with Crippen LogP contribution in [0.2, 0.25) is 0 Å². The molecule has 0 aromatic heterocycles. The van der Waals surface area contributed by atoms with Gasteiger partial charge in [0.25, 0.3) is 11.6 Å². The topological polar surface area (TPSA) is 131 Å². The van der Waals surface area contributed by atoms with Crippen molar-refractivity contribution in [3.63, 3.8) is 0 Å². The van der Waals surface area contributed by atoms with Gasteiger partial charge in [-0.15, -0.1) is 0 Å². The second-order valence-electron chi connectivity index (χ2n) is 5.29. The molecule has 0 unspecified atom stereocenters. The quantitative estimate of drug-likeness (QED) is 0.390. The molecule has 26 heavy (non-hydrogen) atoms. The third-order valence-electron chi connectivity index (χ3n) is 3.69. The van der Waals surface area contributed by atoms with Crippen molar-refractivity contribution in [1.29, 1.82) is 0 Å². The molecular weight excluding hydrogens is 346 g/mol. The molecule has 1 aromatic rings. The van der Waals surface area contributed by atoms with Crippen LogP contribution in [0.25, 0.3) is 0 Å². The van der Waals surface area contributed by atoms with Gasteiger partial charge in [0.1, 0.15) is 17.1 Å². The van der Waals surface area contributed by atoms with Crippen LogP contribution in [0.4, 0.5) is 11.4 Å². The Bertz CT molecular complexity index is 760. The maximum Gasteiger partial charge on any atom is 0.337 e. The van der Waals surface area contributed by atoms with E-state index in [-0.39, 0.29) is 42.3 Å². The van der Waals surface area contributed by atoms with E-state index in [1.807, 2.05) is 0 Å². The number of esters is 1. The molecule has 0 bridgehead atoms. The van der Waals surface area contributed by atoms with Crippen LogP contribution in [0.1, 0.15) is 6.92 Å². The summed E-state index contributed by atoms with van der Waals surface area (Å²) in [6.45, 7) is 1.78. The number of hydrogen-bond acceptors (Lipinski definition) is 8. The Labute approximate surface area is 149 Å². The number of methoxy groups -OCH3 is 1. The van der Waals surface area contributed by atoms with Gasteiger partial charge in [-0.3, -0.25) is 14.9 Å². The van der Waals surface area contributed by atoms with Crippen LogP contribution >= 0.6 is 0 Å². The van der Waals surface area contributed by atoms with Crippen LogP contribution in [-0.4, -0.2) is 60.2 Å². The number of aliphatic hydroxyl groups is 1. The predicted molar refractivity (Wildman–Crippen MR) is 90.6 cm³/mol. The summed E-state index contributed by atoms with van der Waals surface area (Å²) in [5.74, 6) is -0.968. The van der Waals surface area contributed by atoms with E-state index >= 15 is 0 Å². The lowest BCUT2D eigenvalue weighted by Gasteiger charge is -2.15. The van der Waals surface area contributed by atoms with Gasteiger partial charge in [-0.25, -0.2) is 4.79 Å². The minimum Gasteiger partial charge on any atom is -0.494 e. The number of rotatable bonds is 8. The summed E-state index contributed by atoms with van der Waals surface area (Å²) < 4.78 is 9.92. The first kappa shape index (κ1) is 19.2. The number of hydrogen-bond donors (Lipinski definition) is 2. The van der Waals surface area contributed by atoms with Crippen molar-refractivity contribution in [1.82, 2.24) is 4.90 Å². The highest BCUT2D eigenvalue weighted by molar-refractivity contribution is 6.08. The molecule has 0 saturated carbocycles. The molecular formula is C16H19N3O7. The largest absolute Gasteiger partial charge is 0.494 e. The highest BCUT2D eigenvalue weighted by Crippen LogP contribution is 2.32. The van der Waals surface area contributed by atoms with E-state index in [9.17, 15) is 19.7 Å². The fourth-order valence-corrected chi connectivity index (χ4v) is 2.51. The van der Waals surface area contributed by atoms with Crippen LogP contribution < -0.4 is 10.1 Å². The normalized spacial score (nSPS) is 13.8. The third kappa shape index (κ3) is 3.91. The SMILES string of the molecule is CCOc1ccc(NC2=C(C(=O)OC)CN(CCO)C2=O)c([N+](=O)[O-])c1. The Kier molecular flexibility index (Phi) is 6.12. The Morgan fingerprint density at radius 2 is 2.19 bits per heavy atom. The van der Waals surface area contributed by atoms with E-state index in [1.54, 1.807) is 6.92 Å². The summed E-state index contributed by atoms with van der Waals surface area (Å²) in [5, 5.41) is 23.1. The van der Waals surface area contributed by atoms with Crippen molar-refractivity contribution >= 4 is 23.3 Å². The van der Waals surface area contributed by atoms with E-state index < -0.39 is 16.8 Å². The number of carbonyl (C=O) groups excluding carboxylic acids is 2. The van der Waals surface area contributed by atoms with Crippen molar-refractivity contribution in [2.24, 2.45) is 0 Å². The van der Waals surface area contributed by atoms with Gasteiger partial charge in [0.05, 0.1) is 43.4 Å². The highest BCUT2D eigenvalue weighted by Gasteiger charge is 2.35. The molecule has 1 amide bonds. The van der Waals surface area contributed by atoms with E-state index in [0.717, 1.165) is 0 Å². The predicted octanol–water partition coefficient (Wildman–Crippen LogP) is 0.667. The first-order chi connectivity index (χ1) is 12.4. The van der Waals surface area contributed by atoms with Gasteiger partial charge in [-0.05, 0) is 19.1 Å². The minimum atomic E-state index is -0.727. The van der Waals surface area contributed by atoms with Gasteiger partial charge < -0.3 is 24.8 Å². The van der Waals surface area contributed by atoms with Crippen LogP contribution in [0.3, 0.4) is 0 Å². The minimum absolute atomic E-state index is 0.0237. The number of nitro benzene ring substituents is 1. The number of anilines is 1. The summed E-state index contributed by atoms with van der Waals surface area (Å²) in [6.07, 6.45) is 0. The van der Waals surface area contributed by atoms with Crippen LogP contribution in [0.15, 0.2) is 29.5 Å². The van der Waals surface area contributed by atoms with Crippen LogP contribution in [0.5, 0.6) is 5.75 Å². The van der Waals surface area contributed by atoms with Crippen molar-refractivity contribution in [3.8, 4) is 5.75 Å². The number of nitrogens with zero attached hydrogens (tertiary/aromatic N) is 2. The Morgan fingerprint density at radius 1 is 1.46 bits per heavy atom. The van der Waals surface area contributed by atoms with Gasteiger partial charge in [0, 0.05) is 6.54 Å². The Hall–Kier alpha value is -3.14. The molecule has 0 saturated heterocycles. The van der Waals surface area contributed by atoms with Crippen molar-refractivity contribution < 1.29 is 29.1 Å². The fourth-order valence-electron chi connectivity index (χ4n) is 2.51. The summed E-state index contributed by atoms with van der Waals surface area (Å²) >= 11 is 0. The lowest BCUT2D eigenvalue weighted by molar-refractivity contribution is -0.384. The molecule has 1 aliphatic heterocycles. The molecule has 0 spiro atoms. The third-order valence-corrected chi connectivity index (χ3v) is 3.69. The number of aliphatic hydroxyl groups excluding tert-OH is 1. The number of ether oxygens (including phenoxy) is 2. The number of nitro groups is 1. The molecule has 0 aliphatic carbocycles. The molecule has 10 nitrogen and oxygen atoms in total. The second-order valence-corrected chi connectivity index (χ2v) is 5.29.